The van der Waals surface area contributed by atoms with E-state index < -0.39 is 0 Å². The van der Waals surface area contributed by atoms with Gasteiger partial charge >= 0.3 is 0 Å². The highest BCUT2D eigenvalue weighted by Crippen LogP contribution is 2.26. The first kappa shape index (κ1) is 12.6. The molecule has 17 heavy (non-hydrogen) atoms. The lowest BCUT2D eigenvalue weighted by Crippen LogP contribution is -2.19. The molecule has 1 aliphatic carbocycles. The van der Waals surface area contributed by atoms with Crippen LogP contribution in [0, 0.1) is 11.7 Å². The summed E-state index contributed by atoms with van der Waals surface area (Å²) in [7, 11) is 0. The molecule has 0 aliphatic heterocycles. The highest BCUT2D eigenvalue weighted by Gasteiger charge is 2.22. The summed E-state index contributed by atoms with van der Waals surface area (Å²) in [6, 6.07) is 4.29. The Balaban J connectivity index is 1.90. The lowest BCUT2D eigenvalue weighted by atomic mass is 10.0. The van der Waals surface area contributed by atoms with Crippen LogP contribution in [0.2, 0.25) is 0 Å². The maximum atomic E-state index is 13.1. The van der Waals surface area contributed by atoms with Gasteiger partial charge in [0.25, 0.3) is 0 Å². The highest BCUT2D eigenvalue weighted by molar-refractivity contribution is 9.10. The fraction of sp³-hybridized carbons (Fsp3) is 0.462. The van der Waals surface area contributed by atoms with Gasteiger partial charge in [0.05, 0.1) is 0 Å². The van der Waals surface area contributed by atoms with Crippen LogP contribution < -0.4 is 4.74 Å². The number of hydrogen-bond acceptors (Lipinski definition) is 2. The molecule has 2 rings (SSSR count). The number of hydrogen-bond donors (Lipinski definition) is 0. The Bertz CT molecular complexity index is 394. The van der Waals surface area contributed by atoms with Gasteiger partial charge in [0.2, 0.25) is 0 Å². The van der Waals surface area contributed by atoms with Crippen molar-refractivity contribution in [1.29, 1.82) is 0 Å². The second-order valence-electron chi connectivity index (χ2n) is 4.34. The van der Waals surface area contributed by atoms with Crippen LogP contribution in [-0.2, 0) is 4.79 Å². The summed E-state index contributed by atoms with van der Waals surface area (Å²) in [4.78, 5) is 11.8. The molecule has 1 aromatic carbocycles. The SMILES string of the molecule is O=C(COc1cc(F)cc(Br)c1)C1CCCC1. The maximum Gasteiger partial charge on any atom is 0.173 e. The van der Waals surface area contributed by atoms with E-state index in [2.05, 4.69) is 15.9 Å². The van der Waals surface area contributed by atoms with Crippen LogP contribution in [0.5, 0.6) is 5.75 Å². The van der Waals surface area contributed by atoms with Crippen molar-refractivity contribution in [2.45, 2.75) is 25.7 Å². The first-order chi connectivity index (χ1) is 8.15. The van der Waals surface area contributed by atoms with Crippen molar-refractivity contribution in [2.75, 3.05) is 6.61 Å². The first-order valence-electron chi connectivity index (χ1n) is 5.77. The zero-order valence-electron chi connectivity index (χ0n) is 9.42. The summed E-state index contributed by atoms with van der Waals surface area (Å²) >= 11 is 3.18. The zero-order valence-corrected chi connectivity index (χ0v) is 11.0. The average molecular weight is 301 g/mol. The Morgan fingerprint density at radius 1 is 1.35 bits per heavy atom. The minimum atomic E-state index is -0.373. The fourth-order valence-corrected chi connectivity index (χ4v) is 2.58. The monoisotopic (exact) mass is 300 g/mol. The molecular weight excluding hydrogens is 287 g/mol. The minimum Gasteiger partial charge on any atom is -0.486 e. The number of Topliss-reactive ketones (excluding diaryl/α,β-unsaturated/α-hetero) is 1. The quantitative estimate of drug-likeness (QED) is 0.847. The molecule has 1 aliphatic rings. The lowest BCUT2D eigenvalue weighted by Gasteiger charge is -2.10. The van der Waals surface area contributed by atoms with Crippen LogP contribution >= 0.6 is 15.9 Å². The number of carbonyl (C=O) groups excluding carboxylic acids is 1. The maximum absolute atomic E-state index is 13.1. The molecule has 0 unspecified atom stereocenters. The molecule has 4 heteroatoms. The number of ether oxygens (including phenoxy) is 1. The van der Waals surface area contributed by atoms with Gasteiger partial charge in [-0.3, -0.25) is 4.79 Å². The van der Waals surface area contributed by atoms with Crippen LogP contribution in [0.4, 0.5) is 4.39 Å². The first-order valence-corrected chi connectivity index (χ1v) is 6.56. The summed E-state index contributed by atoms with van der Waals surface area (Å²) in [5.74, 6) is 0.292. The van der Waals surface area contributed by atoms with E-state index in [1.165, 1.54) is 12.1 Å². The smallest absolute Gasteiger partial charge is 0.173 e. The van der Waals surface area contributed by atoms with Gasteiger partial charge in [-0.15, -0.1) is 0 Å². The molecule has 1 aromatic rings. The highest BCUT2D eigenvalue weighted by atomic mass is 79.9. The van der Waals surface area contributed by atoms with Gasteiger partial charge in [0, 0.05) is 16.5 Å². The molecule has 1 fully saturated rings. The van der Waals surface area contributed by atoms with Crippen LogP contribution in [0.3, 0.4) is 0 Å². The molecular formula is C13H14BrFO2. The van der Waals surface area contributed by atoms with Crippen LogP contribution in [0.15, 0.2) is 22.7 Å². The Hall–Kier alpha value is -0.900. The summed E-state index contributed by atoms with van der Waals surface area (Å²) in [6.45, 7) is 0.0422. The molecule has 0 atom stereocenters. The lowest BCUT2D eigenvalue weighted by molar-refractivity contribution is -0.124. The van der Waals surface area contributed by atoms with Crippen molar-refractivity contribution in [3.63, 3.8) is 0 Å². The normalized spacial score (nSPS) is 16.1. The van der Waals surface area contributed by atoms with Gasteiger partial charge < -0.3 is 4.74 Å². The second kappa shape index (κ2) is 5.63. The van der Waals surface area contributed by atoms with Crippen molar-refractivity contribution in [3.8, 4) is 5.75 Å². The largest absolute Gasteiger partial charge is 0.486 e. The van der Waals surface area contributed by atoms with Gasteiger partial charge in [-0.25, -0.2) is 4.39 Å². The Morgan fingerprint density at radius 2 is 2.06 bits per heavy atom. The second-order valence-corrected chi connectivity index (χ2v) is 5.26. The third-order valence-corrected chi connectivity index (χ3v) is 3.49. The molecule has 0 N–H and O–H groups in total. The van der Waals surface area contributed by atoms with Gasteiger partial charge in [-0.05, 0) is 25.0 Å². The topological polar surface area (TPSA) is 26.3 Å². The molecule has 0 radical (unpaired) electrons. The van der Waals surface area contributed by atoms with Crippen molar-refractivity contribution < 1.29 is 13.9 Å². The summed E-state index contributed by atoms with van der Waals surface area (Å²) in [6.07, 6.45) is 4.19. The van der Waals surface area contributed by atoms with E-state index >= 15 is 0 Å². The van der Waals surface area contributed by atoms with E-state index in [-0.39, 0.29) is 24.1 Å². The standard InChI is InChI=1S/C13H14BrFO2/c14-10-5-11(15)7-12(6-10)17-8-13(16)9-3-1-2-4-9/h5-7,9H,1-4,8H2. The molecule has 1 saturated carbocycles. The van der Waals surface area contributed by atoms with E-state index in [1.807, 2.05) is 0 Å². The van der Waals surface area contributed by atoms with Crippen molar-refractivity contribution in [2.24, 2.45) is 5.92 Å². The molecule has 0 spiro atoms. The van der Waals surface area contributed by atoms with Crippen LogP contribution in [0.25, 0.3) is 0 Å². The van der Waals surface area contributed by atoms with Crippen LogP contribution in [0.1, 0.15) is 25.7 Å². The number of benzene rings is 1. The van der Waals surface area contributed by atoms with E-state index in [0.717, 1.165) is 25.7 Å². The van der Waals surface area contributed by atoms with E-state index in [4.69, 9.17) is 4.74 Å². The Morgan fingerprint density at radius 3 is 2.71 bits per heavy atom. The van der Waals surface area contributed by atoms with E-state index in [9.17, 15) is 9.18 Å². The molecule has 0 amide bonds. The Labute approximate surface area is 108 Å². The fourth-order valence-electron chi connectivity index (χ4n) is 2.13. The summed E-state index contributed by atoms with van der Waals surface area (Å²) < 4.78 is 19.0. The van der Waals surface area contributed by atoms with Gasteiger partial charge in [0.1, 0.15) is 18.2 Å². The Kier molecular flexibility index (Phi) is 4.15. The zero-order chi connectivity index (χ0) is 12.3. The number of ketones is 1. The summed E-state index contributed by atoms with van der Waals surface area (Å²) in [5.41, 5.74) is 0. The van der Waals surface area contributed by atoms with E-state index in [1.54, 1.807) is 6.07 Å². The predicted octanol–water partition coefficient (Wildman–Crippen LogP) is 3.73. The van der Waals surface area contributed by atoms with Crippen molar-refractivity contribution >= 4 is 21.7 Å². The third-order valence-electron chi connectivity index (χ3n) is 3.03. The number of rotatable bonds is 4. The number of carbonyl (C=O) groups is 1. The molecule has 0 bridgehead atoms. The van der Waals surface area contributed by atoms with Gasteiger partial charge in [-0.1, -0.05) is 28.8 Å². The van der Waals surface area contributed by atoms with Crippen molar-refractivity contribution in [3.05, 3.63) is 28.5 Å². The molecule has 92 valence electrons. The predicted molar refractivity (Wildman–Crippen MR) is 66.6 cm³/mol. The van der Waals surface area contributed by atoms with E-state index in [0.29, 0.717) is 10.2 Å². The van der Waals surface area contributed by atoms with Crippen LogP contribution in [-0.4, -0.2) is 12.4 Å². The molecule has 0 aromatic heterocycles. The molecule has 0 heterocycles. The average Bonchev–Trinajstić information content (AvgIpc) is 2.78. The van der Waals surface area contributed by atoms with Crippen molar-refractivity contribution in [1.82, 2.24) is 0 Å². The minimum absolute atomic E-state index is 0.0422. The third kappa shape index (κ3) is 3.53. The molecule has 2 nitrogen and oxygen atoms in total. The van der Waals surface area contributed by atoms with Gasteiger partial charge in [-0.2, -0.15) is 0 Å². The van der Waals surface area contributed by atoms with Gasteiger partial charge in [0.15, 0.2) is 5.78 Å². The molecule has 0 saturated heterocycles. The number of halogens is 2. The summed E-state index contributed by atoms with van der Waals surface area (Å²) in [5, 5.41) is 0.